The van der Waals surface area contributed by atoms with E-state index in [0.717, 1.165) is 0 Å². The Bertz CT molecular complexity index is 1210. The molecular formula is C18H11ClN4O4. The van der Waals surface area contributed by atoms with Gasteiger partial charge in [0.25, 0.3) is 5.56 Å². The van der Waals surface area contributed by atoms with Crippen LogP contribution in [0, 0.1) is 0 Å². The van der Waals surface area contributed by atoms with Crippen molar-refractivity contribution < 1.29 is 14.6 Å². The minimum absolute atomic E-state index is 0.00976. The van der Waals surface area contributed by atoms with Gasteiger partial charge in [-0.15, -0.1) is 0 Å². The minimum atomic E-state index is -1.12. The number of rotatable bonds is 4. The van der Waals surface area contributed by atoms with Gasteiger partial charge in [0.05, 0.1) is 22.7 Å². The summed E-state index contributed by atoms with van der Waals surface area (Å²) in [4.78, 5) is 30.3. The average molecular weight is 383 g/mol. The number of halogens is 1. The summed E-state index contributed by atoms with van der Waals surface area (Å²) in [5.41, 5.74) is 0.0120. The first kappa shape index (κ1) is 16.8. The number of carboxylic acids is 1. The smallest absolute Gasteiger partial charge is 0.338 e. The molecule has 0 atom stereocenters. The van der Waals surface area contributed by atoms with Gasteiger partial charge in [0.15, 0.2) is 0 Å². The van der Waals surface area contributed by atoms with Crippen LogP contribution in [0.15, 0.2) is 59.7 Å². The van der Waals surface area contributed by atoms with E-state index in [2.05, 4.69) is 15.1 Å². The third kappa shape index (κ3) is 3.38. The highest BCUT2D eigenvalue weighted by molar-refractivity contribution is 6.30. The lowest BCUT2D eigenvalue weighted by Crippen LogP contribution is -2.13. The summed E-state index contributed by atoms with van der Waals surface area (Å²) < 4.78 is 6.92. The molecule has 0 aliphatic rings. The Morgan fingerprint density at radius 1 is 1.15 bits per heavy atom. The highest BCUT2D eigenvalue weighted by Gasteiger charge is 2.11. The van der Waals surface area contributed by atoms with Crippen LogP contribution in [0.4, 0.5) is 0 Å². The zero-order valence-electron chi connectivity index (χ0n) is 13.6. The Balaban J connectivity index is 1.70. The van der Waals surface area contributed by atoms with Gasteiger partial charge in [-0.1, -0.05) is 11.6 Å². The molecule has 4 rings (SSSR count). The van der Waals surface area contributed by atoms with Crippen molar-refractivity contribution in [2.24, 2.45) is 0 Å². The number of nitrogens with one attached hydrogen (secondary N) is 1. The Labute approximate surface area is 156 Å². The third-order valence-corrected chi connectivity index (χ3v) is 4.01. The molecule has 2 N–H and O–H groups in total. The molecule has 0 amide bonds. The number of aromatic nitrogens is 4. The Hall–Kier alpha value is -3.65. The summed E-state index contributed by atoms with van der Waals surface area (Å²) in [6, 6.07) is 11.7. The molecule has 0 saturated heterocycles. The number of aromatic carboxylic acids is 1. The van der Waals surface area contributed by atoms with E-state index in [9.17, 15) is 9.59 Å². The molecule has 2 heterocycles. The summed E-state index contributed by atoms with van der Waals surface area (Å²) >= 11 is 5.85. The molecular weight excluding hydrogens is 372 g/mol. The van der Waals surface area contributed by atoms with Gasteiger partial charge in [-0.25, -0.2) is 14.5 Å². The molecule has 27 heavy (non-hydrogen) atoms. The predicted molar refractivity (Wildman–Crippen MR) is 98.0 cm³/mol. The van der Waals surface area contributed by atoms with Crippen molar-refractivity contribution >= 4 is 28.5 Å². The van der Waals surface area contributed by atoms with Crippen LogP contribution in [-0.2, 0) is 0 Å². The van der Waals surface area contributed by atoms with Gasteiger partial charge in [-0.3, -0.25) is 9.78 Å². The number of hydrogen-bond acceptors (Lipinski definition) is 5. The summed E-state index contributed by atoms with van der Waals surface area (Å²) in [6.45, 7) is 0. The molecule has 0 aliphatic heterocycles. The molecule has 8 nitrogen and oxygen atoms in total. The van der Waals surface area contributed by atoms with Crippen molar-refractivity contribution in [3.63, 3.8) is 0 Å². The number of ether oxygens (including phenoxy) is 1. The number of H-pyrrole nitrogens is 1. The number of fused-ring (bicyclic) bond motifs is 1. The summed E-state index contributed by atoms with van der Waals surface area (Å²) in [5.74, 6) is 0.0503. The van der Waals surface area contributed by atoms with E-state index in [0.29, 0.717) is 27.4 Å². The molecule has 0 bridgehead atoms. The first-order chi connectivity index (χ1) is 13.0. The van der Waals surface area contributed by atoms with Crippen molar-refractivity contribution in [1.29, 1.82) is 0 Å². The maximum atomic E-state index is 12.4. The van der Waals surface area contributed by atoms with Crippen LogP contribution in [0.2, 0.25) is 5.02 Å². The minimum Gasteiger partial charge on any atom is -0.478 e. The van der Waals surface area contributed by atoms with Crippen LogP contribution in [0.3, 0.4) is 0 Å². The quantitative estimate of drug-likeness (QED) is 0.560. The maximum absolute atomic E-state index is 12.4. The monoisotopic (exact) mass is 382 g/mol. The number of nitrogens with zero attached hydrogens (tertiary/aromatic N) is 3. The lowest BCUT2D eigenvalue weighted by atomic mass is 10.2. The maximum Gasteiger partial charge on any atom is 0.338 e. The Morgan fingerprint density at radius 3 is 2.59 bits per heavy atom. The fourth-order valence-corrected chi connectivity index (χ4v) is 2.59. The van der Waals surface area contributed by atoms with Gasteiger partial charge in [0.1, 0.15) is 11.5 Å². The number of carbonyl (C=O) groups is 1. The molecule has 9 heteroatoms. The van der Waals surface area contributed by atoms with Crippen molar-refractivity contribution in [2.45, 2.75) is 0 Å². The van der Waals surface area contributed by atoms with Crippen molar-refractivity contribution in [3.05, 3.63) is 75.8 Å². The fourth-order valence-electron chi connectivity index (χ4n) is 2.47. The molecule has 0 saturated carbocycles. The van der Waals surface area contributed by atoms with Gasteiger partial charge < -0.3 is 9.84 Å². The van der Waals surface area contributed by atoms with E-state index in [1.165, 1.54) is 17.1 Å². The van der Waals surface area contributed by atoms with Crippen LogP contribution in [0.5, 0.6) is 11.5 Å². The van der Waals surface area contributed by atoms with Crippen molar-refractivity contribution in [2.75, 3.05) is 0 Å². The summed E-state index contributed by atoms with van der Waals surface area (Å²) in [7, 11) is 0. The summed E-state index contributed by atoms with van der Waals surface area (Å²) in [6.07, 6.45) is 2.44. The fraction of sp³-hybridized carbons (Fsp3) is 0. The third-order valence-electron chi connectivity index (χ3n) is 3.76. The molecule has 134 valence electrons. The van der Waals surface area contributed by atoms with Crippen LogP contribution in [0.25, 0.3) is 16.9 Å². The molecule has 4 aromatic rings. The van der Waals surface area contributed by atoms with Crippen molar-refractivity contribution in [3.8, 4) is 17.4 Å². The molecule has 0 unspecified atom stereocenters. The Kier molecular flexibility index (Phi) is 4.09. The predicted octanol–water partition coefficient (Wildman–Crippen LogP) is 3.25. The van der Waals surface area contributed by atoms with Crippen molar-refractivity contribution in [1.82, 2.24) is 19.7 Å². The molecule has 0 fully saturated rings. The lowest BCUT2D eigenvalue weighted by molar-refractivity contribution is 0.0697. The van der Waals surface area contributed by atoms with Gasteiger partial charge in [-0.05, 0) is 42.5 Å². The normalized spacial score (nSPS) is 10.9. The van der Waals surface area contributed by atoms with Gasteiger partial charge >= 0.3 is 5.97 Å². The standard InChI is InChI=1S/C18H11ClN4O4/c19-11-1-3-12(4-2-11)27-13-5-6-15-14(7-13)16(24)22-18(21-15)23-9-10(8-20-23)17(25)26/h1-9H,(H,25,26)(H,21,22,24). The second-order valence-electron chi connectivity index (χ2n) is 5.60. The van der Waals surface area contributed by atoms with E-state index in [1.807, 2.05) is 0 Å². The zero-order chi connectivity index (χ0) is 19.0. The SMILES string of the molecule is O=C(O)c1cnn(-c2nc3ccc(Oc4ccc(Cl)cc4)cc3c(=O)[nH]2)c1. The van der Waals surface area contributed by atoms with Crippen LogP contribution in [-0.4, -0.2) is 30.8 Å². The number of carboxylic acid groups (broad SMARTS) is 1. The molecule has 0 spiro atoms. The molecule has 0 radical (unpaired) electrons. The van der Waals surface area contributed by atoms with Crippen LogP contribution < -0.4 is 10.3 Å². The topological polar surface area (TPSA) is 110 Å². The molecule has 0 aliphatic carbocycles. The number of aromatic amines is 1. The second-order valence-corrected chi connectivity index (χ2v) is 6.04. The highest BCUT2D eigenvalue weighted by Crippen LogP contribution is 2.25. The van der Waals surface area contributed by atoms with Gasteiger partial charge in [-0.2, -0.15) is 5.10 Å². The van der Waals surface area contributed by atoms with E-state index < -0.39 is 11.5 Å². The van der Waals surface area contributed by atoms with E-state index >= 15 is 0 Å². The number of benzene rings is 2. The highest BCUT2D eigenvalue weighted by atomic mass is 35.5. The first-order valence-corrected chi connectivity index (χ1v) is 8.13. The van der Waals surface area contributed by atoms with Gasteiger partial charge in [0, 0.05) is 11.2 Å². The first-order valence-electron chi connectivity index (χ1n) is 7.75. The second kappa shape index (κ2) is 6.58. The molecule has 2 aromatic heterocycles. The average Bonchev–Trinajstić information content (AvgIpc) is 3.14. The van der Waals surface area contributed by atoms with E-state index in [-0.39, 0.29) is 11.5 Å². The summed E-state index contributed by atoms with van der Waals surface area (Å²) in [5, 5.41) is 13.8. The van der Waals surface area contributed by atoms with Crippen LogP contribution in [0.1, 0.15) is 10.4 Å². The van der Waals surface area contributed by atoms with Gasteiger partial charge in [0.2, 0.25) is 5.95 Å². The zero-order valence-corrected chi connectivity index (χ0v) is 14.3. The van der Waals surface area contributed by atoms with E-state index in [1.54, 1.807) is 42.5 Å². The van der Waals surface area contributed by atoms with E-state index in [4.69, 9.17) is 21.4 Å². The van der Waals surface area contributed by atoms with Crippen LogP contribution >= 0.6 is 11.6 Å². The largest absolute Gasteiger partial charge is 0.478 e. The lowest BCUT2D eigenvalue weighted by Gasteiger charge is -2.07. The Morgan fingerprint density at radius 2 is 1.89 bits per heavy atom. The molecule has 2 aromatic carbocycles. The number of hydrogen-bond donors (Lipinski definition) is 2.